The Kier molecular flexibility index (Phi) is 1.57. The summed E-state index contributed by atoms with van der Waals surface area (Å²) in [5, 5.41) is -1.63. The van der Waals surface area contributed by atoms with Crippen LogP contribution in [0.3, 0.4) is 0 Å². The molecule has 0 N–H and O–H groups in total. The lowest BCUT2D eigenvalue weighted by Crippen LogP contribution is -2.66. The average molecular weight is 181 g/mol. The van der Waals surface area contributed by atoms with Crippen LogP contribution in [-0.4, -0.2) is 23.8 Å². The van der Waals surface area contributed by atoms with Crippen LogP contribution in [0.25, 0.3) is 0 Å². The van der Waals surface area contributed by atoms with Crippen LogP contribution >= 0.6 is 0 Å². The molecule has 1 fully saturated rings. The average Bonchev–Trinajstić information content (AvgIpc) is 1.80. The van der Waals surface area contributed by atoms with Gasteiger partial charge in [0.05, 0.1) is 0 Å². The molecule has 8 heteroatoms. The monoisotopic (exact) mass is 181 g/mol. The third kappa shape index (κ3) is 1.16. The van der Waals surface area contributed by atoms with Crippen molar-refractivity contribution in [1.29, 1.82) is 0 Å². The van der Waals surface area contributed by atoms with Gasteiger partial charge in [-0.25, -0.2) is 9.23 Å². The van der Waals surface area contributed by atoms with Gasteiger partial charge < -0.3 is 0 Å². The van der Waals surface area contributed by atoms with Crippen molar-refractivity contribution in [3.05, 3.63) is 0 Å². The minimum atomic E-state index is -5.37. The SMILES string of the molecule is F[C@H]1ON(C(F)(F)F)C1(F)F. The van der Waals surface area contributed by atoms with Crippen molar-refractivity contribution >= 4 is 0 Å². The highest BCUT2D eigenvalue weighted by Crippen LogP contribution is 2.44. The largest absolute Gasteiger partial charge is 0.488 e. The van der Waals surface area contributed by atoms with Crippen molar-refractivity contribution in [2.24, 2.45) is 0 Å². The Hall–Kier alpha value is -0.500. The van der Waals surface area contributed by atoms with E-state index >= 15 is 0 Å². The first-order valence-electron chi connectivity index (χ1n) is 2.32. The lowest BCUT2D eigenvalue weighted by molar-refractivity contribution is -0.578. The fourth-order valence-electron chi connectivity index (χ4n) is 0.498. The summed E-state index contributed by atoms with van der Waals surface area (Å²) in [5.74, 6) is 0. The smallest absolute Gasteiger partial charge is 0.240 e. The van der Waals surface area contributed by atoms with E-state index in [4.69, 9.17) is 0 Å². The second kappa shape index (κ2) is 2.01. The summed E-state index contributed by atoms with van der Waals surface area (Å²) in [5.41, 5.74) is 0. The molecule has 1 saturated heterocycles. The zero-order valence-corrected chi connectivity index (χ0v) is 4.70. The Morgan fingerprint density at radius 1 is 1.27 bits per heavy atom. The molecule has 0 aliphatic carbocycles. The first-order chi connectivity index (χ1) is 4.76. The molecular formula is C3HF6NO. The van der Waals surface area contributed by atoms with E-state index < -0.39 is 23.8 Å². The molecule has 66 valence electrons. The molecule has 1 aliphatic heterocycles. The van der Waals surface area contributed by atoms with Crippen LogP contribution < -0.4 is 0 Å². The van der Waals surface area contributed by atoms with Crippen molar-refractivity contribution in [2.45, 2.75) is 18.7 Å². The van der Waals surface area contributed by atoms with E-state index in [1.807, 2.05) is 0 Å². The number of alkyl halides is 6. The Morgan fingerprint density at radius 3 is 1.82 bits per heavy atom. The maximum absolute atomic E-state index is 11.8. The second-order valence-electron chi connectivity index (χ2n) is 1.77. The summed E-state index contributed by atoms with van der Waals surface area (Å²) in [6.07, 6.45) is -8.57. The minimum absolute atomic E-state index is 1.63. The molecule has 1 heterocycles. The van der Waals surface area contributed by atoms with Gasteiger partial charge in [0.1, 0.15) is 0 Å². The van der Waals surface area contributed by atoms with E-state index in [-0.39, 0.29) is 0 Å². The van der Waals surface area contributed by atoms with Crippen LogP contribution in [0.1, 0.15) is 0 Å². The van der Waals surface area contributed by atoms with Gasteiger partial charge in [0.25, 0.3) is 6.36 Å². The topological polar surface area (TPSA) is 12.5 Å². The Bertz CT molecular complexity index is 166. The molecule has 0 aromatic heterocycles. The van der Waals surface area contributed by atoms with Crippen molar-refractivity contribution in [3.8, 4) is 0 Å². The highest BCUT2D eigenvalue weighted by Gasteiger charge is 2.69. The molecular weight excluding hydrogens is 180 g/mol. The van der Waals surface area contributed by atoms with Crippen molar-refractivity contribution in [1.82, 2.24) is 5.06 Å². The standard InChI is InChI=1S/C3HF6NO/c4-1-2(5,6)10(11-1)3(7,8)9/h1H/t1-/m0/s1. The molecule has 0 unspecified atom stereocenters. The van der Waals surface area contributed by atoms with Crippen molar-refractivity contribution < 1.29 is 31.2 Å². The van der Waals surface area contributed by atoms with E-state index in [1.165, 1.54) is 0 Å². The van der Waals surface area contributed by atoms with Gasteiger partial charge in [-0.05, 0) is 5.06 Å². The number of halogens is 6. The number of hydrogen-bond acceptors (Lipinski definition) is 2. The van der Waals surface area contributed by atoms with Crippen LogP contribution in [0.15, 0.2) is 0 Å². The molecule has 11 heavy (non-hydrogen) atoms. The summed E-state index contributed by atoms with van der Waals surface area (Å²) in [6, 6.07) is -4.60. The lowest BCUT2D eigenvalue weighted by Gasteiger charge is -2.41. The first-order valence-corrected chi connectivity index (χ1v) is 2.32. The maximum atomic E-state index is 11.8. The summed E-state index contributed by atoms with van der Waals surface area (Å²) in [7, 11) is 0. The predicted molar refractivity (Wildman–Crippen MR) is 18.8 cm³/mol. The molecule has 0 amide bonds. The third-order valence-electron chi connectivity index (χ3n) is 0.972. The normalized spacial score (nSPS) is 31.6. The zero-order chi connectivity index (χ0) is 8.86. The van der Waals surface area contributed by atoms with Gasteiger partial charge in [0, 0.05) is 0 Å². The molecule has 1 atom stereocenters. The van der Waals surface area contributed by atoms with E-state index in [2.05, 4.69) is 4.84 Å². The van der Waals surface area contributed by atoms with Crippen LogP contribution in [-0.2, 0) is 4.84 Å². The van der Waals surface area contributed by atoms with Gasteiger partial charge in [-0.1, -0.05) is 0 Å². The molecule has 0 aromatic rings. The molecule has 2 nitrogen and oxygen atoms in total. The highest BCUT2D eigenvalue weighted by molar-refractivity contribution is 4.76. The molecule has 0 bridgehead atoms. The van der Waals surface area contributed by atoms with E-state index in [1.54, 1.807) is 0 Å². The molecule has 0 spiro atoms. The van der Waals surface area contributed by atoms with E-state index in [0.29, 0.717) is 0 Å². The summed E-state index contributed by atoms with van der Waals surface area (Å²) in [6.45, 7) is 0. The van der Waals surface area contributed by atoms with Gasteiger partial charge in [-0.15, -0.1) is 0 Å². The van der Waals surface area contributed by atoms with E-state index in [0.717, 1.165) is 0 Å². The molecule has 1 aliphatic rings. The van der Waals surface area contributed by atoms with Crippen LogP contribution in [0.5, 0.6) is 0 Å². The van der Waals surface area contributed by atoms with Gasteiger partial charge in [0.15, 0.2) is 0 Å². The fraction of sp³-hybridized carbons (Fsp3) is 1.00. The summed E-state index contributed by atoms with van der Waals surface area (Å²) < 4.78 is 69.1. The first kappa shape index (κ1) is 8.60. The van der Waals surface area contributed by atoms with Gasteiger partial charge >= 0.3 is 12.3 Å². The van der Waals surface area contributed by atoms with Gasteiger partial charge in [-0.2, -0.15) is 22.0 Å². The van der Waals surface area contributed by atoms with Gasteiger partial charge in [-0.3, -0.25) is 0 Å². The molecule has 0 saturated carbocycles. The van der Waals surface area contributed by atoms with E-state index in [9.17, 15) is 26.3 Å². The number of hydroxylamine groups is 2. The van der Waals surface area contributed by atoms with Crippen LogP contribution in [0.4, 0.5) is 26.3 Å². The Morgan fingerprint density at radius 2 is 1.73 bits per heavy atom. The lowest BCUT2D eigenvalue weighted by atomic mass is 10.5. The quantitative estimate of drug-likeness (QED) is 0.416. The predicted octanol–water partition coefficient (Wildman–Crippen LogP) is 1.64. The molecule has 0 aromatic carbocycles. The highest BCUT2D eigenvalue weighted by atomic mass is 19.4. The van der Waals surface area contributed by atoms with Crippen molar-refractivity contribution in [2.75, 3.05) is 0 Å². The number of rotatable bonds is 0. The molecule has 0 radical (unpaired) electrons. The van der Waals surface area contributed by atoms with Gasteiger partial charge in [0.2, 0.25) is 0 Å². The fourth-order valence-corrected chi connectivity index (χ4v) is 0.498. The number of hydrogen-bond donors (Lipinski definition) is 0. The number of nitrogens with zero attached hydrogens (tertiary/aromatic N) is 1. The van der Waals surface area contributed by atoms with Crippen LogP contribution in [0, 0.1) is 0 Å². The second-order valence-corrected chi connectivity index (χ2v) is 1.77. The zero-order valence-electron chi connectivity index (χ0n) is 4.70. The summed E-state index contributed by atoms with van der Waals surface area (Å²) >= 11 is 0. The van der Waals surface area contributed by atoms with Crippen molar-refractivity contribution in [3.63, 3.8) is 0 Å². The Balaban J connectivity index is 2.67. The van der Waals surface area contributed by atoms with Crippen LogP contribution in [0.2, 0.25) is 0 Å². The third-order valence-corrected chi connectivity index (χ3v) is 0.972. The molecule has 1 rings (SSSR count). The Labute approximate surface area is 56.3 Å². The minimum Gasteiger partial charge on any atom is -0.240 e. The maximum Gasteiger partial charge on any atom is 0.488 e. The summed E-state index contributed by atoms with van der Waals surface area (Å²) in [4.78, 5) is 3.01.